The minimum absolute atomic E-state index is 0.610. The Kier molecular flexibility index (Phi) is 4.21. The van der Waals surface area contributed by atoms with Crippen LogP contribution in [0.15, 0.2) is 53.0 Å². The molecule has 0 radical (unpaired) electrons. The summed E-state index contributed by atoms with van der Waals surface area (Å²) in [4.78, 5) is 0. The molecule has 0 heterocycles. The summed E-state index contributed by atoms with van der Waals surface area (Å²) in [6, 6.07) is 16.4. The second kappa shape index (κ2) is 5.87. The van der Waals surface area contributed by atoms with Gasteiger partial charge in [0.15, 0.2) is 0 Å². The number of benzene rings is 2. The number of hydrogen-bond donors (Lipinski definition) is 0. The first-order valence-electron chi connectivity index (χ1n) is 5.74. The number of aryl methyl sites for hydroxylation is 1. The summed E-state index contributed by atoms with van der Waals surface area (Å²) < 4.78 is 6.81. The Morgan fingerprint density at radius 3 is 2.06 bits per heavy atom. The minimum Gasteiger partial charge on any atom is -0.489 e. The van der Waals surface area contributed by atoms with Crippen molar-refractivity contribution in [2.24, 2.45) is 0 Å². The van der Waals surface area contributed by atoms with Crippen molar-refractivity contribution in [2.75, 3.05) is 0 Å². The van der Waals surface area contributed by atoms with Crippen LogP contribution in [-0.2, 0) is 13.0 Å². The van der Waals surface area contributed by atoms with Gasteiger partial charge in [-0.3, -0.25) is 0 Å². The van der Waals surface area contributed by atoms with Gasteiger partial charge in [-0.2, -0.15) is 0 Å². The number of rotatable bonds is 4. The molecular weight excluding hydrogens is 276 g/mol. The molecule has 0 saturated carbocycles. The smallest absolute Gasteiger partial charge is 0.119 e. The molecule has 0 atom stereocenters. The molecule has 0 spiro atoms. The summed E-state index contributed by atoms with van der Waals surface area (Å²) in [6.07, 6.45) is 1.06. The fourth-order valence-corrected chi connectivity index (χ4v) is 1.83. The molecule has 0 bridgehead atoms. The Hall–Kier alpha value is -1.28. The van der Waals surface area contributed by atoms with Crippen LogP contribution >= 0.6 is 15.9 Å². The van der Waals surface area contributed by atoms with Gasteiger partial charge in [0.1, 0.15) is 12.4 Å². The number of hydrogen-bond acceptors (Lipinski definition) is 1. The molecule has 0 N–H and O–H groups in total. The van der Waals surface area contributed by atoms with Crippen molar-refractivity contribution in [1.82, 2.24) is 0 Å². The SMILES string of the molecule is CCc1ccc(OCc2ccc(Br)cc2)cc1. The van der Waals surface area contributed by atoms with Crippen LogP contribution in [0.3, 0.4) is 0 Å². The van der Waals surface area contributed by atoms with E-state index in [4.69, 9.17) is 4.74 Å². The van der Waals surface area contributed by atoms with E-state index in [1.54, 1.807) is 0 Å². The third kappa shape index (κ3) is 3.60. The minimum atomic E-state index is 0.610. The molecule has 0 saturated heterocycles. The summed E-state index contributed by atoms with van der Waals surface area (Å²) in [5.41, 5.74) is 2.51. The molecule has 0 fully saturated rings. The van der Waals surface area contributed by atoms with Crippen molar-refractivity contribution in [3.63, 3.8) is 0 Å². The van der Waals surface area contributed by atoms with Crippen LogP contribution < -0.4 is 4.74 Å². The van der Waals surface area contributed by atoms with E-state index >= 15 is 0 Å². The summed E-state index contributed by atoms with van der Waals surface area (Å²) in [6.45, 7) is 2.76. The molecule has 0 aliphatic carbocycles. The Balaban J connectivity index is 1.95. The van der Waals surface area contributed by atoms with E-state index in [0.717, 1.165) is 16.6 Å². The van der Waals surface area contributed by atoms with Gasteiger partial charge in [-0.05, 0) is 41.8 Å². The molecule has 88 valence electrons. The lowest BCUT2D eigenvalue weighted by Crippen LogP contribution is -1.95. The standard InChI is InChI=1S/C15H15BrO/c1-2-12-5-9-15(10-6-12)17-11-13-3-7-14(16)8-4-13/h3-10H,2,11H2,1H3. The first kappa shape index (κ1) is 12.2. The van der Waals surface area contributed by atoms with Crippen molar-refractivity contribution in [2.45, 2.75) is 20.0 Å². The van der Waals surface area contributed by atoms with Crippen molar-refractivity contribution in [3.8, 4) is 5.75 Å². The van der Waals surface area contributed by atoms with Gasteiger partial charge in [0, 0.05) is 4.47 Å². The molecule has 0 aliphatic rings. The molecule has 0 aromatic heterocycles. The maximum Gasteiger partial charge on any atom is 0.119 e. The summed E-state index contributed by atoms with van der Waals surface area (Å²) in [7, 11) is 0. The first-order valence-corrected chi connectivity index (χ1v) is 6.53. The second-order valence-corrected chi connectivity index (χ2v) is 4.83. The first-order chi connectivity index (χ1) is 8.28. The third-order valence-electron chi connectivity index (χ3n) is 2.65. The summed E-state index contributed by atoms with van der Waals surface area (Å²) >= 11 is 3.42. The van der Waals surface area contributed by atoms with Gasteiger partial charge < -0.3 is 4.74 Å². The van der Waals surface area contributed by atoms with E-state index in [9.17, 15) is 0 Å². The molecule has 1 nitrogen and oxygen atoms in total. The molecule has 2 aromatic rings. The monoisotopic (exact) mass is 290 g/mol. The molecule has 0 unspecified atom stereocenters. The lowest BCUT2D eigenvalue weighted by molar-refractivity contribution is 0.306. The fourth-order valence-electron chi connectivity index (χ4n) is 1.57. The van der Waals surface area contributed by atoms with E-state index in [-0.39, 0.29) is 0 Å². The van der Waals surface area contributed by atoms with Gasteiger partial charge in [0.2, 0.25) is 0 Å². The molecule has 2 aromatic carbocycles. The van der Waals surface area contributed by atoms with Gasteiger partial charge >= 0.3 is 0 Å². The topological polar surface area (TPSA) is 9.23 Å². The normalized spacial score (nSPS) is 10.2. The van der Waals surface area contributed by atoms with E-state index in [2.05, 4.69) is 47.1 Å². The fraction of sp³-hybridized carbons (Fsp3) is 0.200. The highest BCUT2D eigenvalue weighted by atomic mass is 79.9. The highest BCUT2D eigenvalue weighted by Crippen LogP contribution is 2.16. The Labute approximate surface area is 111 Å². The highest BCUT2D eigenvalue weighted by Gasteiger charge is 1.96. The van der Waals surface area contributed by atoms with Gasteiger partial charge in [0.05, 0.1) is 0 Å². The predicted molar refractivity (Wildman–Crippen MR) is 74.3 cm³/mol. The predicted octanol–water partition coefficient (Wildman–Crippen LogP) is 4.59. The van der Waals surface area contributed by atoms with Crippen molar-refractivity contribution >= 4 is 15.9 Å². The largest absolute Gasteiger partial charge is 0.489 e. The Morgan fingerprint density at radius 1 is 0.882 bits per heavy atom. The quantitative estimate of drug-likeness (QED) is 0.800. The van der Waals surface area contributed by atoms with Crippen molar-refractivity contribution in [1.29, 1.82) is 0 Å². The summed E-state index contributed by atoms with van der Waals surface area (Å²) in [5, 5.41) is 0. The van der Waals surface area contributed by atoms with Crippen molar-refractivity contribution < 1.29 is 4.74 Å². The van der Waals surface area contributed by atoms with Crippen LogP contribution in [0.5, 0.6) is 5.75 Å². The molecule has 0 aliphatic heterocycles. The third-order valence-corrected chi connectivity index (χ3v) is 3.18. The lowest BCUT2D eigenvalue weighted by Gasteiger charge is -2.07. The zero-order valence-corrected chi connectivity index (χ0v) is 11.4. The van der Waals surface area contributed by atoms with Gasteiger partial charge in [-0.1, -0.05) is 47.1 Å². The van der Waals surface area contributed by atoms with Gasteiger partial charge in [0.25, 0.3) is 0 Å². The zero-order chi connectivity index (χ0) is 12.1. The number of ether oxygens (including phenoxy) is 1. The second-order valence-electron chi connectivity index (χ2n) is 3.91. The molecule has 2 rings (SSSR count). The lowest BCUT2D eigenvalue weighted by atomic mass is 10.2. The molecule has 2 heteroatoms. The Bertz CT molecular complexity index is 459. The van der Waals surface area contributed by atoms with Gasteiger partial charge in [-0.25, -0.2) is 0 Å². The molecule has 17 heavy (non-hydrogen) atoms. The van der Waals surface area contributed by atoms with Crippen LogP contribution in [0.25, 0.3) is 0 Å². The maximum absolute atomic E-state index is 5.72. The maximum atomic E-state index is 5.72. The van der Waals surface area contributed by atoms with Crippen LogP contribution in [0, 0.1) is 0 Å². The van der Waals surface area contributed by atoms with Crippen molar-refractivity contribution in [3.05, 3.63) is 64.1 Å². The van der Waals surface area contributed by atoms with Crippen LogP contribution in [-0.4, -0.2) is 0 Å². The average Bonchev–Trinajstić information content (AvgIpc) is 2.39. The van der Waals surface area contributed by atoms with Crippen LogP contribution in [0.4, 0.5) is 0 Å². The van der Waals surface area contributed by atoms with E-state index in [1.165, 1.54) is 11.1 Å². The van der Waals surface area contributed by atoms with Crippen LogP contribution in [0.1, 0.15) is 18.1 Å². The van der Waals surface area contributed by atoms with Gasteiger partial charge in [-0.15, -0.1) is 0 Å². The zero-order valence-electron chi connectivity index (χ0n) is 9.82. The highest BCUT2D eigenvalue weighted by molar-refractivity contribution is 9.10. The molecular formula is C15H15BrO. The van der Waals surface area contributed by atoms with E-state index in [1.807, 2.05) is 24.3 Å². The average molecular weight is 291 g/mol. The Morgan fingerprint density at radius 2 is 1.47 bits per heavy atom. The number of halogens is 1. The van der Waals surface area contributed by atoms with E-state index < -0.39 is 0 Å². The summed E-state index contributed by atoms with van der Waals surface area (Å²) in [5.74, 6) is 0.921. The molecule has 0 amide bonds. The van der Waals surface area contributed by atoms with Crippen LogP contribution in [0.2, 0.25) is 0 Å². The van der Waals surface area contributed by atoms with E-state index in [0.29, 0.717) is 6.61 Å².